The first kappa shape index (κ1) is 55.1. The first-order valence-electron chi connectivity index (χ1n) is 28.5. The third kappa shape index (κ3) is 11.3. The summed E-state index contributed by atoms with van der Waals surface area (Å²) in [5.41, 5.74) is 8.56. The fourth-order valence-electron chi connectivity index (χ4n) is 11.8. The Morgan fingerprint density at radius 1 is 0.471 bits per heavy atom. The number of benzene rings is 9. The second-order valence-corrected chi connectivity index (χ2v) is 21.3. The van der Waals surface area contributed by atoms with Crippen molar-refractivity contribution in [2.45, 2.75) is 70.3 Å². The fourth-order valence-corrected chi connectivity index (χ4v) is 11.8. The van der Waals surface area contributed by atoms with E-state index >= 15 is 9.59 Å². The van der Waals surface area contributed by atoms with Gasteiger partial charge in [0, 0.05) is 27.6 Å². The number of H-pyrrole nitrogens is 1. The number of aromatic amines is 1. The van der Waals surface area contributed by atoms with Gasteiger partial charge in [-0.1, -0.05) is 182 Å². The van der Waals surface area contributed by atoms with Crippen LogP contribution in [0.1, 0.15) is 60.3 Å². The van der Waals surface area contributed by atoms with Gasteiger partial charge < -0.3 is 52.2 Å². The zero-order chi connectivity index (χ0) is 57.6. The summed E-state index contributed by atoms with van der Waals surface area (Å²) in [6.07, 6.45) is -4.31. The molecule has 14 heteroatoms. The number of fused-ring (bicyclic) bond motifs is 10. The van der Waals surface area contributed by atoms with Crippen LogP contribution < -0.4 is 14.2 Å². The lowest BCUT2D eigenvalue weighted by Crippen LogP contribution is -2.59. The summed E-state index contributed by atoms with van der Waals surface area (Å²) in [7, 11) is 3.15. The molecule has 1 fully saturated rings. The minimum atomic E-state index is -1.03. The minimum absolute atomic E-state index is 0.0950. The number of hydrogen-bond acceptors (Lipinski definition) is 11. The van der Waals surface area contributed by atoms with E-state index in [9.17, 15) is 0 Å². The van der Waals surface area contributed by atoms with Crippen molar-refractivity contribution in [1.29, 1.82) is 0 Å². The van der Waals surface area contributed by atoms with Gasteiger partial charge in [0.05, 0.1) is 87.1 Å². The molecule has 5 atom stereocenters. The molecular weight excluding hydrogens is 1070 g/mol. The highest BCUT2D eigenvalue weighted by molar-refractivity contribution is 6.39. The average molecular weight is 1130 g/mol. The molecule has 2 aromatic heterocycles. The lowest BCUT2D eigenvalue weighted by molar-refractivity contribution is -0.288. The molecule has 9 aromatic carbocycles. The Kier molecular flexibility index (Phi) is 16.2. The third-order valence-electron chi connectivity index (χ3n) is 15.9. The van der Waals surface area contributed by atoms with Gasteiger partial charge in [0.25, 0.3) is 11.8 Å². The number of amides is 2. The fraction of sp³-hybridized carbons (Fsp3) is 0.211. The molecule has 4 heterocycles. The second-order valence-electron chi connectivity index (χ2n) is 21.3. The molecule has 0 saturated carbocycles. The van der Waals surface area contributed by atoms with E-state index in [1.165, 1.54) is 4.90 Å². The Labute approximate surface area is 491 Å². The van der Waals surface area contributed by atoms with Gasteiger partial charge in [0.2, 0.25) is 0 Å². The molecule has 2 aliphatic rings. The number of methoxy groups -OCH3 is 2. The molecule has 5 unspecified atom stereocenters. The maximum atomic E-state index is 15.7. The van der Waals surface area contributed by atoms with Crippen LogP contribution in [0.15, 0.2) is 212 Å². The number of nitrogens with zero attached hydrogens (tertiary/aromatic N) is 2. The highest BCUT2D eigenvalue weighted by atomic mass is 16.6. The lowest BCUT2D eigenvalue weighted by Gasteiger charge is -2.47. The van der Waals surface area contributed by atoms with Crippen molar-refractivity contribution in [2.24, 2.45) is 0 Å². The summed E-state index contributed by atoms with van der Waals surface area (Å²) in [5.74, 6) is 0.429. The van der Waals surface area contributed by atoms with Crippen molar-refractivity contribution < 1.29 is 52.2 Å². The molecule has 0 aliphatic carbocycles. The first-order chi connectivity index (χ1) is 41.9. The van der Waals surface area contributed by atoms with Crippen LogP contribution in [0.3, 0.4) is 0 Å². The molecule has 85 heavy (non-hydrogen) atoms. The predicted octanol–water partition coefficient (Wildman–Crippen LogP) is 13.7. The summed E-state index contributed by atoms with van der Waals surface area (Å²) in [5, 5.41) is 2.28. The van der Waals surface area contributed by atoms with E-state index in [1.807, 2.05) is 212 Å². The van der Waals surface area contributed by atoms with Gasteiger partial charge in [-0.05, 0) is 57.6 Å². The van der Waals surface area contributed by atoms with Crippen molar-refractivity contribution in [3.63, 3.8) is 0 Å². The zero-order valence-corrected chi connectivity index (χ0v) is 47.1. The molecule has 13 rings (SSSR count). The van der Waals surface area contributed by atoms with E-state index in [4.69, 9.17) is 42.6 Å². The topological polar surface area (TPSA) is 141 Å². The molecule has 428 valence electrons. The Hall–Kier alpha value is -9.12. The highest BCUT2D eigenvalue weighted by Crippen LogP contribution is 2.50. The summed E-state index contributed by atoms with van der Waals surface area (Å²) in [6, 6.07) is 69.2. The van der Waals surface area contributed by atoms with E-state index < -0.39 is 42.5 Å². The normalized spacial score (nSPS) is 17.8. The quantitative estimate of drug-likeness (QED) is 0.0612. The van der Waals surface area contributed by atoms with E-state index in [1.54, 1.807) is 14.2 Å². The van der Waals surface area contributed by atoms with Crippen molar-refractivity contribution in [3.8, 4) is 17.2 Å². The molecule has 1 N–H and O–H groups in total. The Morgan fingerprint density at radius 3 is 1.48 bits per heavy atom. The standard InChI is InChI=1S/C71H63N3O11/c1-77-57-36-53-55(37-58(57)78-2)72-64-60(53)62-63(70(76)73(69(62)75)45-80-39-47-23-11-4-12-24-47)61-54-35-52(81-40-48-25-13-5-14-26-48)33-34-56(54)74(65(61)64)71-68(84-43-51-31-19-8-20-32-51)67(83-42-50-29-17-7-18-30-50)66(82-41-49-27-15-6-16-28-49)59(85-71)44-79-38-46-21-9-3-10-22-46/h3-37,59,66-68,71-72H,38-45H2,1-2H3. The second kappa shape index (κ2) is 25.0. The lowest BCUT2D eigenvalue weighted by atomic mass is 9.95. The summed E-state index contributed by atoms with van der Waals surface area (Å²) >= 11 is 0. The Morgan fingerprint density at radius 2 is 0.941 bits per heavy atom. The Bertz CT molecular complexity index is 4110. The van der Waals surface area contributed by atoms with Gasteiger partial charge in [-0.15, -0.1) is 0 Å². The molecule has 0 bridgehead atoms. The van der Waals surface area contributed by atoms with Crippen molar-refractivity contribution in [1.82, 2.24) is 14.5 Å². The smallest absolute Gasteiger partial charge is 0.264 e. The van der Waals surface area contributed by atoms with Crippen molar-refractivity contribution in [3.05, 3.63) is 257 Å². The number of aromatic nitrogens is 2. The van der Waals surface area contributed by atoms with Crippen LogP contribution in [0.4, 0.5) is 0 Å². The minimum Gasteiger partial charge on any atom is -0.493 e. The summed E-state index contributed by atoms with van der Waals surface area (Å²) in [4.78, 5) is 36.2. The molecular formula is C71H63N3O11. The van der Waals surface area contributed by atoms with E-state index in [-0.39, 0.29) is 57.5 Å². The Balaban J connectivity index is 1.06. The molecule has 0 radical (unpaired) electrons. The highest BCUT2D eigenvalue weighted by Gasteiger charge is 2.51. The van der Waals surface area contributed by atoms with Gasteiger partial charge in [0.1, 0.15) is 43.5 Å². The van der Waals surface area contributed by atoms with E-state index in [2.05, 4.69) is 9.55 Å². The maximum absolute atomic E-state index is 15.7. The van der Waals surface area contributed by atoms with Gasteiger partial charge in [-0.25, -0.2) is 4.90 Å². The van der Waals surface area contributed by atoms with Crippen LogP contribution in [0, 0.1) is 0 Å². The number of carbonyl (C=O) groups is 2. The summed E-state index contributed by atoms with van der Waals surface area (Å²) < 4.78 is 63.0. The third-order valence-corrected chi connectivity index (χ3v) is 15.9. The van der Waals surface area contributed by atoms with Crippen LogP contribution in [0.2, 0.25) is 0 Å². The van der Waals surface area contributed by atoms with Gasteiger partial charge in [-0.3, -0.25) is 9.59 Å². The van der Waals surface area contributed by atoms with Crippen LogP contribution in [0.25, 0.3) is 43.6 Å². The SMILES string of the molecule is COc1cc2[nH]c3c(c4c(c5c6cc(OCc7ccccc7)ccc6n(C6OC(COCc7ccccc7)C(OCc7ccccc7)C(OCc7ccccc7)C6OCc6ccccc6)c35)C(=O)N(COCc3ccccc3)C4=O)c2cc1OC. The van der Waals surface area contributed by atoms with Crippen LogP contribution in [-0.4, -0.2) is 78.2 Å². The van der Waals surface area contributed by atoms with Crippen LogP contribution in [0.5, 0.6) is 17.2 Å². The van der Waals surface area contributed by atoms with Crippen LogP contribution >= 0.6 is 0 Å². The molecule has 14 nitrogen and oxygen atoms in total. The molecule has 2 aliphatic heterocycles. The predicted molar refractivity (Wildman–Crippen MR) is 324 cm³/mol. The maximum Gasteiger partial charge on any atom is 0.264 e. The van der Waals surface area contributed by atoms with E-state index in [0.29, 0.717) is 67.5 Å². The molecule has 2 amide bonds. The monoisotopic (exact) mass is 1130 g/mol. The van der Waals surface area contributed by atoms with E-state index in [0.717, 1.165) is 33.4 Å². The number of imide groups is 1. The van der Waals surface area contributed by atoms with Crippen molar-refractivity contribution >= 4 is 55.4 Å². The number of hydrogen-bond donors (Lipinski definition) is 1. The number of carbonyl (C=O) groups excluding carboxylic acids is 2. The molecule has 11 aromatic rings. The van der Waals surface area contributed by atoms with Gasteiger partial charge >= 0.3 is 0 Å². The van der Waals surface area contributed by atoms with Crippen LogP contribution in [-0.2, 0) is 68.1 Å². The van der Waals surface area contributed by atoms with Gasteiger partial charge in [-0.2, -0.15) is 0 Å². The summed E-state index contributed by atoms with van der Waals surface area (Å²) in [6.45, 7) is 1.17. The average Bonchev–Trinajstić information content (AvgIpc) is 1.62. The van der Waals surface area contributed by atoms with Crippen molar-refractivity contribution in [2.75, 3.05) is 27.6 Å². The largest absolute Gasteiger partial charge is 0.493 e. The number of nitrogens with one attached hydrogen (secondary N) is 1. The number of rotatable bonds is 23. The molecule has 0 spiro atoms. The zero-order valence-electron chi connectivity index (χ0n) is 47.1. The molecule has 1 saturated heterocycles. The van der Waals surface area contributed by atoms with Gasteiger partial charge in [0.15, 0.2) is 17.7 Å². The first-order valence-corrected chi connectivity index (χ1v) is 28.5. The number of ether oxygens (including phenoxy) is 9.